The predicted molar refractivity (Wildman–Crippen MR) is 86.0 cm³/mol. The van der Waals surface area contributed by atoms with E-state index in [0.29, 0.717) is 5.13 Å². The van der Waals surface area contributed by atoms with E-state index in [9.17, 15) is 4.79 Å². The summed E-state index contributed by atoms with van der Waals surface area (Å²) in [6.45, 7) is 1.97. The quantitative estimate of drug-likeness (QED) is 0.889. The molecule has 2 N–H and O–H groups in total. The maximum atomic E-state index is 11.8. The highest BCUT2D eigenvalue weighted by Crippen LogP contribution is 2.13. The fraction of sp³-hybridized carbons (Fsp3) is 0.357. The first-order valence-corrected chi connectivity index (χ1v) is 7.52. The van der Waals surface area contributed by atoms with E-state index in [1.807, 2.05) is 21.0 Å². The van der Waals surface area contributed by atoms with Gasteiger partial charge in [-0.2, -0.15) is 0 Å². The number of hydrogen-bond acceptors (Lipinski definition) is 5. The summed E-state index contributed by atoms with van der Waals surface area (Å²) in [7, 11) is 4.02. The zero-order valence-corrected chi connectivity index (χ0v) is 13.1. The van der Waals surface area contributed by atoms with E-state index >= 15 is 0 Å². The minimum absolute atomic E-state index is 0.0307. The molecular weight excluding hydrogens is 286 g/mol. The Labute approximate surface area is 128 Å². The first kappa shape index (κ1) is 15.2. The molecule has 2 aromatic rings. The second-order valence-electron chi connectivity index (χ2n) is 5.01. The summed E-state index contributed by atoms with van der Waals surface area (Å²) in [5.41, 5.74) is 3.92. The van der Waals surface area contributed by atoms with Crippen LogP contribution in [0.5, 0.6) is 0 Å². The van der Waals surface area contributed by atoms with Gasteiger partial charge in [0.25, 0.3) is 0 Å². The molecule has 1 aromatic heterocycles. The number of hydrogen-bond donors (Lipinski definition) is 2. The van der Waals surface area contributed by atoms with Crippen molar-refractivity contribution in [3.8, 4) is 0 Å². The van der Waals surface area contributed by atoms with Crippen LogP contribution in [0.25, 0.3) is 0 Å². The summed E-state index contributed by atoms with van der Waals surface area (Å²) >= 11 is 1.29. The topological polar surface area (TPSA) is 70.2 Å². The van der Waals surface area contributed by atoms with Crippen LogP contribution in [0.1, 0.15) is 12.5 Å². The average molecular weight is 305 g/mol. The lowest BCUT2D eigenvalue weighted by Crippen LogP contribution is -2.37. The van der Waals surface area contributed by atoms with Crippen LogP contribution in [0, 0.1) is 0 Å². The summed E-state index contributed by atoms with van der Waals surface area (Å²) in [4.78, 5) is 13.8. The summed E-state index contributed by atoms with van der Waals surface area (Å²) in [5, 5.41) is 13.5. The van der Waals surface area contributed by atoms with Crippen molar-refractivity contribution in [2.75, 3.05) is 24.3 Å². The summed E-state index contributed by atoms with van der Waals surface area (Å²) in [5.74, 6) is 0. The number of nitrogens with zero attached hydrogens (tertiary/aromatic N) is 3. The highest BCUT2D eigenvalue weighted by Gasteiger charge is 2.09. The highest BCUT2D eigenvalue weighted by atomic mass is 32.1. The Balaban J connectivity index is 1.83. The largest absolute Gasteiger partial charge is 0.378 e. The Bertz CT molecular complexity index is 568. The zero-order chi connectivity index (χ0) is 15.2. The third kappa shape index (κ3) is 4.71. The zero-order valence-electron chi connectivity index (χ0n) is 12.3. The summed E-state index contributed by atoms with van der Waals surface area (Å²) in [6, 6.07) is 8.08. The maximum absolute atomic E-state index is 11.8. The Hall–Kier alpha value is -2.15. The van der Waals surface area contributed by atoms with Gasteiger partial charge in [-0.3, -0.25) is 5.32 Å². The Morgan fingerprint density at radius 3 is 2.62 bits per heavy atom. The third-order valence-electron chi connectivity index (χ3n) is 2.95. The first-order valence-electron chi connectivity index (χ1n) is 6.64. The van der Waals surface area contributed by atoms with Gasteiger partial charge in [0.2, 0.25) is 5.13 Å². The molecule has 2 rings (SSSR count). The van der Waals surface area contributed by atoms with Crippen molar-refractivity contribution in [1.29, 1.82) is 0 Å². The molecule has 1 atom stereocenters. The standard InChI is InChI=1S/C14H19N5OS/c1-10(16-13(20)17-14-18-15-9-21-14)8-11-4-6-12(7-5-11)19(2)3/h4-7,9-10H,8H2,1-3H3,(H2,16,17,18,20)/t10-/m1/s1. The SMILES string of the molecule is C[C@H](Cc1ccc(N(C)C)cc1)NC(=O)Nc1nncs1. The van der Waals surface area contributed by atoms with Crippen molar-refractivity contribution in [1.82, 2.24) is 15.5 Å². The van der Waals surface area contributed by atoms with Crippen LogP contribution in [0.2, 0.25) is 0 Å². The summed E-state index contributed by atoms with van der Waals surface area (Å²) < 4.78 is 0. The van der Waals surface area contributed by atoms with Crippen LogP contribution in [0.3, 0.4) is 0 Å². The van der Waals surface area contributed by atoms with Gasteiger partial charge in [-0.15, -0.1) is 10.2 Å². The molecule has 0 aliphatic rings. The van der Waals surface area contributed by atoms with E-state index in [4.69, 9.17) is 0 Å². The molecule has 2 amide bonds. The van der Waals surface area contributed by atoms with E-state index in [-0.39, 0.29) is 12.1 Å². The number of urea groups is 1. The van der Waals surface area contributed by atoms with Crippen LogP contribution in [-0.4, -0.2) is 36.4 Å². The Morgan fingerprint density at radius 2 is 2.05 bits per heavy atom. The van der Waals surface area contributed by atoms with E-state index in [2.05, 4.69) is 50.0 Å². The maximum Gasteiger partial charge on any atom is 0.321 e. The monoisotopic (exact) mass is 305 g/mol. The van der Waals surface area contributed by atoms with Gasteiger partial charge in [0.15, 0.2) is 0 Å². The number of amides is 2. The van der Waals surface area contributed by atoms with Gasteiger partial charge >= 0.3 is 6.03 Å². The van der Waals surface area contributed by atoms with Crippen molar-refractivity contribution in [3.63, 3.8) is 0 Å². The van der Waals surface area contributed by atoms with Gasteiger partial charge in [-0.1, -0.05) is 23.5 Å². The molecule has 0 aliphatic heterocycles. The lowest BCUT2D eigenvalue weighted by molar-refractivity contribution is 0.249. The van der Waals surface area contributed by atoms with Crippen LogP contribution in [0.15, 0.2) is 29.8 Å². The smallest absolute Gasteiger partial charge is 0.321 e. The number of carbonyl (C=O) groups is 1. The lowest BCUT2D eigenvalue weighted by atomic mass is 10.1. The van der Waals surface area contributed by atoms with Gasteiger partial charge in [0.1, 0.15) is 5.51 Å². The highest BCUT2D eigenvalue weighted by molar-refractivity contribution is 7.13. The van der Waals surface area contributed by atoms with Gasteiger partial charge in [0, 0.05) is 25.8 Å². The molecule has 0 spiro atoms. The van der Waals surface area contributed by atoms with Crippen LogP contribution >= 0.6 is 11.3 Å². The molecular formula is C14H19N5OS. The van der Waals surface area contributed by atoms with Crippen molar-refractivity contribution in [2.45, 2.75) is 19.4 Å². The van der Waals surface area contributed by atoms with E-state index in [1.165, 1.54) is 16.9 Å². The number of nitrogens with one attached hydrogen (secondary N) is 2. The molecule has 6 nitrogen and oxygen atoms in total. The molecule has 112 valence electrons. The fourth-order valence-corrected chi connectivity index (χ4v) is 2.36. The molecule has 1 heterocycles. The van der Waals surface area contributed by atoms with E-state index in [0.717, 1.165) is 12.1 Å². The van der Waals surface area contributed by atoms with Gasteiger partial charge < -0.3 is 10.2 Å². The van der Waals surface area contributed by atoms with Crippen molar-refractivity contribution < 1.29 is 4.79 Å². The van der Waals surface area contributed by atoms with Gasteiger partial charge in [0.05, 0.1) is 0 Å². The molecule has 0 saturated heterocycles. The number of benzene rings is 1. The van der Waals surface area contributed by atoms with E-state index < -0.39 is 0 Å². The number of aromatic nitrogens is 2. The second kappa shape index (κ2) is 7.03. The second-order valence-corrected chi connectivity index (χ2v) is 5.84. The number of anilines is 2. The molecule has 0 aliphatic carbocycles. The molecule has 0 saturated carbocycles. The molecule has 0 unspecified atom stereocenters. The minimum Gasteiger partial charge on any atom is -0.378 e. The van der Waals surface area contributed by atoms with Crippen LogP contribution in [0.4, 0.5) is 15.6 Å². The van der Waals surface area contributed by atoms with Crippen LogP contribution < -0.4 is 15.5 Å². The Morgan fingerprint density at radius 1 is 1.33 bits per heavy atom. The lowest BCUT2D eigenvalue weighted by Gasteiger charge is -2.16. The predicted octanol–water partition coefficient (Wildman–Crippen LogP) is 2.36. The number of rotatable bonds is 5. The fourth-order valence-electron chi connectivity index (χ4n) is 1.92. The average Bonchev–Trinajstić information content (AvgIpc) is 2.91. The minimum atomic E-state index is -0.260. The van der Waals surface area contributed by atoms with Gasteiger partial charge in [-0.05, 0) is 31.0 Å². The number of carbonyl (C=O) groups excluding carboxylic acids is 1. The van der Waals surface area contributed by atoms with Crippen molar-refractivity contribution in [3.05, 3.63) is 35.3 Å². The summed E-state index contributed by atoms with van der Waals surface area (Å²) in [6.07, 6.45) is 0.775. The molecule has 0 bridgehead atoms. The molecule has 21 heavy (non-hydrogen) atoms. The third-order valence-corrected chi connectivity index (χ3v) is 3.56. The van der Waals surface area contributed by atoms with Crippen molar-refractivity contribution >= 4 is 28.2 Å². The molecule has 1 aromatic carbocycles. The molecule has 0 radical (unpaired) electrons. The first-order chi connectivity index (χ1) is 10.0. The molecule has 0 fully saturated rings. The Kier molecular flexibility index (Phi) is 5.10. The normalized spacial score (nSPS) is 11.8. The van der Waals surface area contributed by atoms with E-state index in [1.54, 1.807) is 5.51 Å². The molecule has 7 heteroatoms. The van der Waals surface area contributed by atoms with Crippen molar-refractivity contribution in [2.24, 2.45) is 0 Å². The van der Waals surface area contributed by atoms with Gasteiger partial charge in [-0.25, -0.2) is 4.79 Å². The van der Waals surface area contributed by atoms with Crippen LogP contribution in [-0.2, 0) is 6.42 Å².